The highest BCUT2D eigenvalue weighted by atomic mass is 32.2. The standard InChI is InChI=1S/C9H9NO6S/c1-15-6-7(11)10-5-4(2-16-9(5)12)3-17(13,14)8(6)10/h6,8H,2-3H2,1H3/t6-,8?/m0/s1. The monoisotopic (exact) mass is 259 g/mol. The first-order chi connectivity index (χ1) is 7.97. The van der Waals surface area contributed by atoms with Crippen molar-refractivity contribution in [3.63, 3.8) is 0 Å². The Morgan fingerprint density at radius 1 is 1.41 bits per heavy atom. The molecule has 0 aliphatic carbocycles. The third-order valence-electron chi connectivity index (χ3n) is 3.14. The zero-order valence-electron chi connectivity index (χ0n) is 8.87. The largest absolute Gasteiger partial charge is 0.456 e. The Morgan fingerprint density at radius 2 is 2.12 bits per heavy atom. The lowest BCUT2D eigenvalue weighted by Gasteiger charge is -2.46. The van der Waals surface area contributed by atoms with E-state index in [-0.39, 0.29) is 18.1 Å². The fourth-order valence-electron chi connectivity index (χ4n) is 2.38. The Labute approximate surface area is 96.9 Å². The molecule has 3 heterocycles. The second-order valence-corrected chi connectivity index (χ2v) is 6.19. The Bertz CT molecular complexity index is 562. The first-order valence-electron chi connectivity index (χ1n) is 4.94. The van der Waals surface area contributed by atoms with Gasteiger partial charge in [-0.2, -0.15) is 0 Å². The van der Waals surface area contributed by atoms with Crippen LogP contribution in [0.1, 0.15) is 0 Å². The number of β-lactam (4-membered cyclic amide) rings is 1. The lowest BCUT2D eigenvalue weighted by atomic mass is 10.1. The van der Waals surface area contributed by atoms with Crippen LogP contribution in [0.4, 0.5) is 0 Å². The summed E-state index contributed by atoms with van der Waals surface area (Å²) in [4.78, 5) is 24.1. The van der Waals surface area contributed by atoms with Crippen LogP contribution >= 0.6 is 0 Å². The van der Waals surface area contributed by atoms with Crippen LogP contribution in [0.2, 0.25) is 0 Å². The summed E-state index contributed by atoms with van der Waals surface area (Å²) >= 11 is 0. The maximum atomic E-state index is 11.9. The van der Waals surface area contributed by atoms with Crippen molar-refractivity contribution in [1.29, 1.82) is 0 Å². The predicted octanol–water partition coefficient (Wildman–Crippen LogP) is -1.59. The van der Waals surface area contributed by atoms with Gasteiger partial charge in [0, 0.05) is 12.7 Å². The first-order valence-corrected chi connectivity index (χ1v) is 6.65. The summed E-state index contributed by atoms with van der Waals surface area (Å²) in [6.45, 7) is -0.0540. The second-order valence-electron chi connectivity index (χ2n) is 4.09. The molecule has 3 aliphatic rings. The number of sulfone groups is 1. The molecule has 0 aromatic carbocycles. The van der Waals surface area contributed by atoms with Crippen LogP contribution in [0.15, 0.2) is 11.3 Å². The van der Waals surface area contributed by atoms with Gasteiger partial charge in [-0.1, -0.05) is 0 Å². The summed E-state index contributed by atoms with van der Waals surface area (Å²) in [6, 6.07) is 0. The average Bonchev–Trinajstić information content (AvgIpc) is 2.58. The van der Waals surface area contributed by atoms with Crippen molar-refractivity contribution in [3.05, 3.63) is 11.3 Å². The van der Waals surface area contributed by atoms with Crippen LogP contribution in [0, 0.1) is 0 Å². The number of methoxy groups -OCH3 is 1. The fraction of sp³-hybridized carbons (Fsp3) is 0.556. The third-order valence-corrected chi connectivity index (χ3v) is 5.08. The Kier molecular flexibility index (Phi) is 1.94. The summed E-state index contributed by atoms with van der Waals surface area (Å²) in [5, 5.41) is -1.08. The van der Waals surface area contributed by atoms with E-state index < -0.39 is 33.2 Å². The fourth-order valence-corrected chi connectivity index (χ4v) is 4.39. The van der Waals surface area contributed by atoms with Gasteiger partial charge >= 0.3 is 5.97 Å². The molecule has 1 unspecified atom stereocenters. The molecule has 0 saturated carbocycles. The molecule has 7 nitrogen and oxygen atoms in total. The van der Waals surface area contributed by atoms with Crippen LogP contribution < -0.4 is 0 Å². The van der Waals surface area contributed by atoms with Gasteiger partial charge in [-0.05, 0) is 0 Å². The molecule has 0 aromatic heterocycles. The maximum absolute atomic E-state index is 11.9. The number of nitrogens with zero attached hydrogens (tertiary/aromatic N) is 1. The summed E-state index contributed by atoms with van der Waals surface area (Å²) in [5.74, 6) is -1.39. The molecule has 0 radical (unpaired) electrons. The summed E-state index contributed by atoms with van der Waals surface area (Å²) in [6.07, 6.45) is -1.01. The molecule has 92 valence electrons. The molecule has 0 aromatic rings. The van der Waals surface area contributed by atoms with Crippen molar-refractivity contribution in [2.24, 2.45) is 0 Å². The normalized spacial score (nSPS) is 34.1. The van der Waals surface area contributed by atoms with Crippen LogP contribution in [-0.2, 0) is 28.9 Å². The molecule has 3 rings (SSSR count). The van der Waals surface area contributed by atoms with E-state index in [9.17, 15) is 18.0 Å². The number of carbonyl (C=O) groups excluding carboxylic acids is 2. The van der Waals surface area contributed by atoms with Gasteiger partial charge in [0.05, 0.1) is 5.75 Å². The lowest BCUT2D eigenvalue weighted by molar-refractivity contribution is -0.162. The minimum atomic E-state index is -3.51. The van der Waals surface area contributed by atoms with Crippen molar-refractivity contribution in [3.8, 4) is 0 Å². The van der Waals surface area contributed by atoms with Crippen LogP contribution in [0.5, 0.6) is 0 Å². The zero-order valence-corrected chi connectivity index (χ0v) is 9.69. The number of cyclic esters (lactones) is 1. The topological polar surface area (TPSA) is 90.0 Å². The van der Waals surface area contributed by atoms with Gasteiger partial charge in [0.15, 0.2) is 21.3 Å². The van der Waals surface area contributed by atoms with Crippen LogP contribution in [0.25, 0.3) is 0 Å². The van der Waals surface area contributed by atoms with Gasteiger partial charge in [-0.15, -0.1) is 0 Å². The quantitative estimate of drug-likeness (QED) is 0.416. The predicted molar refractivity (Wildman–Crippen MR) is 53.2 cm³/mol. The molecular weight excluding hydrogens is 250 g/mol. The minimum Gasteiger partial charge on any atom is -0.456 e. The van der Waals surface area contributed by atoms with Crippen molar-refractivity contribution in [2.45, 2.75) is 11.5 Å². The summed E-state index contributed by atoms with van der Waals surface area (Å²) in [5.41, 5.74) is 0.442. The number of hydrogen-bond donors (Lipinski definition) is 0. The van der Waals surface area contributed by atoms with E-state index >= 15 is 0 Å². The number of esters is 1. The van der Waals surface area contributed by atoms with Crippen LogP contribution in [0.3, 0.4) is 0 Å². The number of carbonyl (C=O) groups is 2. The number of fused-ring (bicyclic) bond motifs is 2. The summed E-state index contributed by atoms with van der Waals surface area (Å²) in [7, 11) is -2.24. The minimum absolute atomic E-state index is 0.0540. The molecule has 1 amide bonds. The SMILES string of the molecule is CO[C@H]1C(=O)N2C3=C(COC3=O)CS(=O)(=O)C12. The molecule has 3 aliphatic heterocycles. The molecule has 8 heteroatoms. The Hall–Kier alpha value is -1.41. The first kappa shape index (κ1) is 10.7. The molecule has 0 bridgehead atoms. The van der Waals surface area contributed by atoms with Gasteiger partial charge < -0.3 is 9.47 Å². The number of amides is 1. The zero-order chi connectivity index (χ0) is 12.4. The van der Waals surface area contributed by atoms with E-state index in [1.54, 1.807) is 0 Å². The van der Waals surface area contributed by atoms with Gasteiger partial charge in [0.1, 0.15) is 12.3 Å². The molecule has 17 heavy (non-hydrogen) atoms. The molecule has 0 N–H and O–H groups in total. The Balaban J connectivity index is 2.12. The Morgan fingerprint density at radius 3 is 2.76 bits per heavy atom. The van der Waals surface area contributed by atoms with E-state index in [2.05, 4.69) is 0 Å². The molecule has 1 fully saturated rings. The van der Waals surface area contributed by atoms with E-state index in [1.165, 1.54) is 7.11 Å². The number of rotatable bonds is 1. The summed E-state index contributed by atoms with van der Waals surface area (Å²) < 4.78 is 33.5. The average molecular weight is 259 g/mol. The van der Waals surface area contributed by atoms with Gasteiger partial charge in [-0.3, -0.25) is 9.69 Å². The number of ether oxygens (including phenoxy) is 2. The van der Waals surface area contributed by atoms with Gasteiger partial charge in [0.25, 0.3) is 5.91 Å². The van der Waals surface area contributed by atoms with E-state index in [0.717, 1.165) is 4.90 Å². The van der Waals surface area contributed by atoms with Crippen molar-refractivity contribution >= 4 is 21.7 Å². The molecule has 1 saturated heterocycles. The highest BCUT2D eigenvalue weighted by Gasteiger charge is 2.61. The van der Waals surface area contributed by atoms with E-state index in [0.29, 0.717) is 5.57 Å². The lowest BCUT2D eigenvalue weighted by Crippen LogP contribution is -2.70. The smallest absolute Gasteiger partial charge is 0.355 e. The highest BCUT2D eigenvalue weighted by molar-refractivity contribution is 7.92. The van der Waals surface area contributed by atoms with E-state index in [1.807, 2.05) is 0 Å². The van der Waals surface area contributed by atoms with E-state index in [4.69, 9.17) is 9.47 Å². The molecule has 2 atom stereocenters. The molecular formula is C9H9NO6S. The third kappa shape index (κ3) is 1.16. The van der Waals surface area contributed by atoms with Gasteiger partial charge in [-0.25, -0.2) is 13.2 Å². The second kappa shape index (κ2) is 3.08. The number of hydrogen-bond acceptors (Lipinski definition) is 6. The van der Waals surface area contributed by atoms with Crippen molar-refractivity contribution < 1.29 is 27.5 Å². The van der Waals surface area contributed by atoms with Crippen LogP contribution in [-0.4, -0.2) is 56.1 Å². The maximum Gasteiger partial charge on any atom is 0.355 e. The van der Waals surface area contributed by atoms with Crippen molar-refractivity contribution in [1.82, 2.24) is 4.90 Å². The highest BCUT2D eigenvalue weighted by Crippen LogP contribution is 2.40. The molecule has 0 spiro atoms. The van der Waals surface area contributed by atoms with Crippen molar-refractivity contribution in [2.75, 3.05) is 19.5 Å². The van der Waals surface area contributed by atoms with Gasteiger partial charge in [0.2, 0.25) is 0 Å².